The number of carbonyl (C=O) groups is 1. The fraction of sp³-hybridized carbons (Fsp3) is 0.950. The molecule has 2 aliphatic carbocycles. The van der Waals surface area contributed by atoms with Gasteiger partial charge in [-0.3, -0.25) is 0 Å². The van der Waals surface area contributed by atoms with Gasteiger partial charge >= 0.3 is 5.97 Å². The van der Waals surface area contributed by atoms with Gasteiger partial charge in [-0.2, -0.15) is 0 Å². The fourth-order valence-electron chi connectivity index (χ4n) is 5.15. The van der Waals surface area contributed by atoms with E-state index in [0.29, 0.717) is 5.92 Å². The van der Waals surface area contributed by atoms with Gasteiger partial charge in [0.05, 0.1) is 0 Å². The van der Waals surface area contributed by atoms with Gasteiger partial charge in [0.25, 0.3) is 0 Å². The zero-order valence-corrected chi connectivity index (χ0v) is 18.1. The number of hydrogen-bond acceptors (Lipinski definition) is 2. The van der Waals surface area contributed by atoms with Crippen molar-refractivity contribution in [1.29, 1.82) is 0 Å². The summed E-state index contributed by atoms with van der Waals surface area (Å²) in [6.45, 7) is 15.5. The molecule has 6 atom stereocenters. The van der Waals surface area contributed by atoms with E-state index in [1.54, 1.807) is 6.92 Å². The van der Waals surface area contributed by atoms with Crippen LogP contribution in [0.4, 0.5) is 4.39 Å². The summed E-state index contributed by atoms with van der Waals surface area (Å²) >= 11 is 0. The molecule has 146 valence electrons. The first-order valence-corrected chi connectivity index (χ1v) is 12.8. The maximum Gasteiger partial charge on any atom is 0.338 e. The number of hydrogen-bond donors (Lipinski definition) is 1. The summed E-state index contributed by atoms with van der Waals surface area (Å²) in [6.07, 6.45) is 3.70. The minimum atomic E-state index is -1.84. The molecule has 0 bridgehead atoms. The summed E-state index contributed by atoms with van der Waals surface area (Å²) < 4.78 is 21.0. The Morgan fingerprint density at radius 1 is 1.28 bits per heavy atom. The van der Waals surface area contributed by atoms with Gasteiger partial charge in [-0.25, -0.2) is 9.18 Å². The van der Waals surface area contributed by atoms with E-state index in [0.717, 1.165) is 32.1 Å². The van der Waals surface area contributed by atoms with Crippen molar-refractivity contribution in [2.45, 2.75) is 97.1 Å². The Kier molecular flexibility index (Phi) is 5.81. The predicted molar refractivity (Wildman–Crippen MR) is 102 cm³/mol. The third-order valence-electron chi connectivity index (χ3n) is 7.72. The SMILES string of the molecule is C[C@@H]([C@H]1CC[C@H]2[C@@H](O[Si](C)(C)C(C)(C)C)CCC[C@]12C)[C@@H](F)C(=O)O. The Bertz CT molecular complexity index is 502. The molecule has 0 heterocycles. The number of carboxylic acid groups (broad SMARTS) is 1. The highest BCUT2D eigenvalue weighted by atomic mass is 28.4. The second-order valence-electron chi connectivity index (χ2n) is 10.2. The van der Waals surface area contributed by atoms with E-state index in [1.807, 2.05) is 0 Å². The normalized spacial score (nSPS) is 35.9. The monoisotopic (exact) mass is 372 g/mol. The molecular weight excluding hydrogens is 335 g/mol. The molecule has 0 aromatic carbocycles. The van der Waals surface area contributed by atoms with Crippen molar-refractivity contribution in [3.8, 4) is 0 Å². The van der Waals surface area contributed by atoms with E-state index in [-0.39, 0.29) is 22.5 Å². The Hall–Kier alpha value is -0.423. The predicted octanol–water partition coefficient (Wildman–Crippen LogP) is 5.65. The Morgan fingerprint density at radius 3 is 2.40 bits per heavy atom. The van der Waals surface area contributed by atoms with E-state index in [2.05, 4.69) is 40.8 Å². The molecule has 2 saturated carbocycles. The Balaban J connectivity index is 2.20. The van der Waals surface area contributed by atoms with E-state index in [4.69, 9.17) is 9.53 Å². The number of aliphatic carboxylic acids is 1. The highest BCUT2D eigenvalue weighted by Gasteiger charge is 2.55. The van der Waals surface area contributed by atoms with Gasteiger partial charge in [0.1, 0.15) is 0 Å². The first-order chi connectivity index (χ1) is 11.3. The molecule has 2 fully saturated rings. The Morgan fingerprint density at radius 2 is 1.88 bits per heavy atom. The van der Waals surface area contributed by atoms with Crippen LogP contribution in [-0.4, -0.2) is 31.7 Å². The summed E-state index contributed by atoms with van der Waals surface area (Å²) in [6, 6.07) is 0. The van der Waals surface area contributed by atoms with Crippen LogP contribution < -0.4 is 0 Å². The van der Waals surface area contributed by atoms with Crippen LogP contribution in [0, 0.1) is 23.2 Å². The highest BCUT2D eigenvalue weighted by Crippen LogP contribution is 2.59. The van der Waals surface area contributed by atoms with Crippen molar-refractivity contribution in [1.82, 2.24) is 0 Å². The van der Waals surface area contributed by atoms with Gasteiger partial charge in [0.15, 0.2) is 14.5 Å². The largest absolute Gasteiger partial charge is 0.479 e. The summed E-state index contributed by atoms with van der Waals surface area (Å²) in [5.41, 5.74) is 0.00445. The third-order valence-corrected chi connectivity index (χ3v) is 12.2. The lowest BCUT2D eigenvalue weighted by molar-refractivity contribution is -0.146. The van der Waals surface area contributed by atoms with Crippen LogP contribution in [0.5, 0.6) is 0 Å². The van der Waals surface area contributed by atoms with Crippen molar-refractivity contribution in [2.24, 2.45) is 23.2 Å². The van der Waals surface area contributed by atoms with Crippen molar-refractivity contribution in [3.63, 3.8) is 0 Å². The highest BCUT2D eigenvalue weighted by molar-refractivity contribution is 6.74. The van der Waals surface area contributed by atoms with Crippen LogP contribution in [-0.2, 0) is 9.22 Å². The lowest BCUT2D eigenvalue weighted by Gasteiger charge is -2.50. The van der Waals surface area contributed by atoms with Gasteiger partial charge in [0, 0.05) is 12.0 Å². The second-order valence-corrected chi connectivity index (χ2v) is 15.0. The van der Waals surface area contributed by atoms with Crippen LogP contribution in [0.3, 0.4) is 0 Å². The van der Waals surface area contributed by atoms with Gasteiger partial charge in [-0.1, -0.05) is 41.0 Å². The molecular formula is C20H37FO3Si. The maximum atomic E-state index is 14.2. The molecule has 1 N–H and O–H groups in total. The van der Waals surface area contributed by atoms with Gasteiger partial charge < -0.3 is 9.53 Å². The van der Waals surface area contributed by atoms with Crippen molar-refractivity contribution in [2.75, 3.05) is 0 Å². The second kappa shape index (κ2) is 6.95. The average molecular weight is 373 g/mol. The van der Waals surface area contributed by atoms with Crippen molar-refractivity contribution >= 4 is 14.3 Å². The standard InChI is InChI=1S/C20H37FO3Si/c1-13(17(21)18(22)23)14-10-11-15-16(9-8-12-20(14,15)5)24-25(6,7)19(2,3)4/h13-17H,8-12H2,1-7H3,(H,22,23)/t13-,14+,15-,16-,17+,20+/m0/s1. The molecule has 0 aromatic heterocycles. The van der Waals surface area contributed by atoms with Gasteiger partial charge in [-0.15, -0.1) is 0 Å². The molecule has 0 amide bonds. The molecule has 0 aliphatic heterocycles. The molecule has 2 rings (SSSR count). The van der Waals surface area contributed by atoms with Crippen molar-refractivity contribution in [3.05, 3.63) is 0 Å². The maximum absolute atomic E-state index is 14.2. The number of halogens is 1. The number of alkyl halides is 1. The molecule has 0 aromatic rings. The molecule has 0 radical (unpaired) electrons. The van der Waals surface area contributed by atoms with Crippen LogP contribution in [0.25, 0.3) is 0 Å². The summed E-state index contributed by atoms with van der Waals surface area (Å²) in [7, 11) is -1.84. The first kappa shape index (κ1) is 20.9. The average Bonchev–Trinajstić information content (AvgIpc) is 2.82. The van der Waals surface area contributed by atoms with Gasteiger partial charge in [0.2, 0.25) is 0 Å². The number of rotatable bonds is 5. The number of carboxylic acids is 1. The summed E-state index contributed by atoms with van der Waals surface area (Å²) in [4.78, 5) is 11.1. The van der Waals surface area contributed by atoms with Crippen LogP contribution in [0.15, 0.2) is 0 Å². The summed E-state index contributed by atoms with van der Waals surface area (Å²) in [5, 5.41) is 9.27. The van der Waals surface area contributed by atoms with Crippen LogP contribution in [0.1, 0.15) is 66.7 Å². The zero-order valence-electron chi connectivity index (χ0n) is 17.1. The quantitative estimate of drug-likeness (QED) is 0.634. The minimum absolute atomic E-state index is 0.00445. The fourth-order valence-corrected chi connectivity index (χ4v) is 6.54. The third kappa shape index (κ3) is 3.82. The molecule has 3 nitrogen and oxygen atoms in total. The lowest BCUT2D eigenvalue weighted by atomic mass is 9.61. The summed E-state index contributed by atoms with van der Waals surface area (Å²) in [5.74, 6) is -1.18. The van der Waals surface area contributed by atoms with E-state index in [1.165, 1.54) is 0 Å². The Labute approximate surface area is 153 Å². The van der Waals surface area contributed by atoms with E-state index >= 15 is 0 Å². The van der Waals surface area contributed by atoms with Crippen LogP contribution >= 0.6 is 0 Å². The molecule has 0 unspecified atom stereocenters. The first-order valence-electron chi connectivity index (χ1n) is 9.86. The smallest absolute Gasteiger partial charge is 0.338 e. The minimum Gasteiger partial charge on any atom is -0.479 e. The van der Waals surface area contributed by atoms with Crippen molar-refractivity contribution < 1.29 is 18.7 Å². The molecule has 0 spiro atoms. The van der Waals surface area contributed by atoms with E-state index < -0.39 is 26.4 Å². The zero-order chi connectivity index (χ0) is 19.2. The molecule has 0 saturated heterocycles. The lowest BCUT2D eigenvalue weighted by Crippen LogP contribution is -2.50. The number of fused-ring (bicyclic) bond motifs is 1. The molecule has 25 heavy (non-hydrogen) atoms. The van der Waals surface area contributed by atoms with E-state index in [9.17, 15) is 9.18 Å². The topological polar surface area (TPSA) is 46.5 Å². The van der Waals surface area contributed by atoms with Crippen LogP contribution in [0.2, 0.25) is 18.1 Å². The van der Waals surface area contributed by atoms with Gasteiger partial charge in [-0.05, 0) is 61.1 Å². The molecule has 2 aliphatic rings. The molecule has 5 heteroatoms.